The summed E-state index contributed by atoms with van der Waals surface area (Å²) in [6.07, 6.45) is 11.8. The zero-order chi connectivity index (χ0) is 67.3. The van der Waals surface area contributed by atoms with Gasteiger partial charge in [0.1, 0.15) is 67.1 Å². The maximum absolute atomic E-state index is 14.7. The lowest BCUT2D eigenvalue weighted by Crippen LogP contribution is -2.59. The molecule has 0 spiro atoms. The molecule has 6 atom stereocenters. The number of carbonyl (C=O) groups excluding carboxylic acids is 10. The fourth-order valence-electron chi connectivity index (χ4n) is 13.0. The Morgan fingerprint density at radius 1 is 0.543 bits per heavy atom. The van der Waals surface area contributed by atoms with Crippen molar-refractivity contribution in [2.45, 2.75) is 200 Å². The number of thiazole rings is 2. The number of nitrogens with zero attached hydrogens (tertiary/aromatic N) is 6. The first kappa shape index (κ1) is 72.4. The summed E-state index contributed by atoms with van der Waals surface area (Å²) in [6.45, 7) is 12.2. The van der Waals surface area contributed by atoms with E-state index in [9.17, 15) is 47.9 Å². The van der Waals surface area contributed by atoms with Crippen LogP contribution in [0.15, 0.2) is 60.7 Å². The second kappa shape index (κ2) is 35.9. The molecule has 94 heavy (non-hydrogen) atoms. The molecule has 8 rings (SSSR count). The highest BCUT2D eigenvalue weighted by atomic mass is 32.1. The second-order valence-electron chi connectivity index (χ2n) is 25.7. The van der Waals surface area contributed by atoms with Crippen LogP contribution >= 0.6 is 22.7 Å². The number of unbranched alkanes of at least 4 members (excludes halogenated alkanes) is 4. The quantitative estimate of drug-likeness (QED) is 0.0249. The Balaban J connectivity index is 0.764. The SMILES string of the molecule is CCCC(=O)Cc1nc(-c2ccccc2)c(NC(=O)[C@@H]2CCCN2C(=O)[C@@H](NC(=O)[C@H](C)CC)C2CCN(C(=O)CCCCCCCNC(=O)N3CCC([C@H](NC(=O)[C@H](C)NC)C(=O)N4CCC[C@H]4C(=O)Nc4sc(CC(=O)CCC)nc4-c4ccccc4)CC3)CC2)s1. The Labute approximate surface area is 561 Å². The third kappa shape index (κ3) is 19.6. The number of hydrogen-bond donors (Lipinski definition) is 6. The minimum absolute atomic E-state index is 0.0551. The van der Waals surface area contributed by atoms with Crippen molar-refractivity contribution < 1.29 is 47.9 Å². The van der Waals surface area contributed by atoms with Crippen LogP contribution in [0.5, 0.6) is 0 Å². The average molecular weight is 1330 g/mol. The number of benzene rings is 2. The van der Waals surface area contributed by atoms with Crippen LogP contribution in [0.2, 0.25) is 0 Å². The molecule has 0 radical (unpaired) electrons. The second-order valence-corrected chi connectivity index (χ2v) is 27.8. The van der Waals surface area contributed by atoms with Crippen molar-refractivity contribution in [3.05, 3.63) is 70.7 Å². The van der Waals surface area contributed by atoms with Gasteiger partial charge in [-0.15, -0.1) is 22.7 Å². The van der Waals surface area contributed by atoms with Gasteiger partial charge in [0, 0.05) is 82.1 Å². The van der Waals surface area contributed by atoms with E-state index >= 15 is 0 Å². The van der Waals surface area contributed by atoms with E-state index in [0.717, 1.165) is 49.7 Å². The molecule has 4 aliphatic rings. The van der Waals surface area contributed by atoms with Crippen molar-refractivity contribution >= 4 is 91.6 Å². The molecule has 4 aromatic rings. The average Bonchev–Trinajstić information content (AvgIpc) is 1.57. The van der Waals surface area contributed by atoms with E-state index in [0.29, 0.717) is 161 Å². The smallest absolute Gasteiger partial charge is 0.317 e. The minimum atomic E-state index is -0.913. The van der Waals surface area contributed by atoms with E-state index in [2.05, 4.69) is 31.9 Å². The summed E-state index contributed by atoms with van der Waals surface area (Å²) in [6, 6.07) is 14.8. The number of likely N-dealkylation sites (N-methyl/N-ethyl adjacent to an activating group) is 1. The summed E-state index contributed by atoms with van der Waals surface area (Å²) in [7, 11) is 1.67. The molecule has 22 nitrogen and oxygen atoms in total. The third-order valence-electron chi connectivity index (χ3n) is 18.9. The van der Waals surface area contributed by atoms with E-state index < -0.39 is 30.2 Å². The van der Waals surface area contributed by atoms with Gasteiger partial charge >= 0.3 is 6.03 Å². The van der Waals surface area contributed by atoms with Crippen molar-refractivity contribution in [2.75, 3.05) is 63.5 Å². The fourth-order valence-corrected chi connectivity index (χ4v) is 15.1. The molecule has 6 N–H and O–H groups in total. The number of ketones is 2. The molecule has 0 saturated carbocycles. The number of anilines is 2. The predicted molar refractivity (Wildman–Crippen MR) is 366 cm³/mol. The number of Topliss-reactive ketones (excluding diaryl/α,β-unsaturated/α-hetero) is 2. The minimum Gasteiger partial charge on any atom is -0.344 e. The lowest BCUT2D eigenvalue weighted by atomic mass is 9.87. The number of amides is 9. The van der Waals surface area contributed by atoms with Gasteiger partial charge in [-0.05, 0) is 109 Å². The fraction of sp³-hybridized carbons (Fsp3) is 0.600. The summed E-state index contributed by atoms with van der Waals surface area (Å²) < 4.78 is 0. The van der Waals surface area contributed by atoms with Crippen LogP contribution in [0, 0.1) is 17.8 Å². The Bertz CT molecular complexity index is 3020. The lowest BCUT2D eigenvalue weighted by molar-refractivity contribution is -0.143. The summed E-state index contributed by atoms with van der Waals surface area (Å²) in [5.41, 5.74) is 2.74. The normalized spacial score (nSPS) is 18.2. The van der Waals surface area contributed by atoms with E-state index in [-0.39, 0.29) is 89.5 Å². The van der Waals surface area contributed by atoms with Crippen LogP contribution < -0.4 is 31.9 Å². The van der Waals surface area contributed by atoms with E-state index in [1.165, 1.54) is 22.7 Å². The first-order valence-electron chi connectivity index (χ1n) is 34.4. The van der Waals surface area contributed by atoms with Crippen molar-refractivity contribution in [3.8, 4) is 22.5 Å². The third-order valence-corrected chi connectivity index (χ3v) is 20.8. The molecule has 24 heteroatoms. The van der Waals surface area contributed by atoms with Gasteiger partial charge in [-0.2, -0.15) is 0 Å². The van der Waals surface area contributed by atoms with Crippen LogP contribution in [0.1, 0.15) is 167 Å². The van der Waals surface area contributed by atoms with Crippen LogP contribution in [-0.2, 0) is 56.0 Å². The molecule has 4 saturated heterocycles. The van der Waals surface area contributed by atoms with Crippen molar-refractivity contribution in [1.29, 1.82) is 0 Å². The van der Waals surface area contributed by atoms with E-state index in [1.54, 1.807) is 28.7 Å². The number of nitrogens with one attached hydrogen (secondary N) is 6. The highest BCUT2D eigenvalue weighted by Gasteiger charge is 2.44. The van der Waals surface area contributed by atoms with Gasteiger partial charge in [0.25, 0.3) is 0 Å². The van der Waals surface area contributed by atoms with E-state index in [1.807, 2.05) is 93.3 Å². The Morgan fingerprint density at radius 2 is 0.989 bits per heavy atom. The van der Waals surface area contributed by atoms with Crippen LogP contribution in [0.25, 0.3) is 22.5 Å². The monoisotopic (exact) mass is 1330 g/mol. The van der Waals surface area contributed by atoms with Crippen LogP contribution in [0.3, 0.4) is 0 Å². The van der Waals surface area contributed by atoms with Gasteiger partial charge in [-0.25, -0.2) is 14.8 Å². The largest absolute Gasteiger partial charge is 0.344 e. The maximum atomic E-state index is 14.7. The highest BCUT2D eigenvalue weighted by Crippen LogP contribution is 2.37. The number of rotatable bonds is 32. The number of aromatic nitrogens is 2. The van der Waals surface area contributed by atoms with Gasteiger partial charge in [0.05, 0.1) is 18.9 Å². The molecule has 0 unspecified atom stereocenters. The molecule has 4 fully saturated rings. The predicted octanol–water partition coefficient (Wildman–Crippen LogP) is 8.94. The van der Waals surface area contributed by atoms with Crippen LogP contribution in [0.4, 0.5) is 14.8 Å². The Morgan fingerprint density at radius 3 is 1.45 bits per heavy atom. The zero-order valence-corrected chi connectivity index (χ0v) is 57.4. The van der Waals surface area contributed by atoms with Crippen molar-refractivity contribution in [2.24, 2.45) is 17.8 Å². The van der Waals surface area contributed by atoms with Gasteiger partial charge < -0.3 is 51.5 Å². The first-order chi connectivity index (χ1) is 45.4. The molecular formula is C70H98N12O10S2. The number of carbonyl (C=O) groups is 10. The molecule has 0 aliphatic carbocycles. The van der Waals surface area contributed by atoms with Crippen molar-refractivity contribution in [1.82, 2.24) is 50.8 Å². The topological polar surface area (TPSA) is 282 Å². The molecule has 6 heterocycles. The highest BCUT2D eigenvalue weighted by molar-refractivity contribution is 7.17. The lowest BCUT2D eigenvalue weighted by Gasteiger charge is -2.38. The molecule has 510 valence electrons. The number of likely N-dealkylation sites (tertiary alicyclic amines) is 4. The summed E-state index contributed by atoms with van der Waals surface area (Å²) >= 11 is 2.54. The Kier molecular flexibility index (Phi) is 27.6. The molecular weight excluding hydrogens is 1230 g/mol. The van der Waals surface area contributed by atoms with Gasteiger partial charge in [0.15, 0.2) is 0 Å². The number of urea groups is 1. The number of hydrogen-bond acceptors (Lipinski definition) is 15. The maximum Gasteiger partial charge on any atom is 0.317 e. The summed E-state index contributed by atoms with van der Waals surface area (Å²) in [5.74, 6) is -2.52. The molecule has 9 amide bonds. The first-order valence-corrected chi connectivity index (χ1v) is 36.0. The molecule has 2 aromatic heterocycles. The standard InChI is InChI=1S/C70H98N12O10S2/c1-7-23-51(83)43-55-73-58(47-25-15-13-16-26-47)66(93-55)77-64(88)53-29-21-37-81(53)68(90)60(75-62(86)45(4)9-3)49-32-39-79(40-33-49)57(85)31-19-11-10-12-20-36-72-70(92)80-41-34-50(35-42-80)61(76-63(87)46(5)71-6)69(91)82-38-22-30-54(82)65(89)78-67-59(48-27-17-14-18-28-48)74-56(94-67)44-52(84)24-8-2/h13-18,25-28,45-46,49-50,53-54,60-61,71H,7-12,19-24,29-44H2,1-6H3,(H,72,92)(H,75,86)(H,76,87)(H,77,88)(H,78,89)/t45-,46+,53+,54+,60+,61+/m1/s1. The molecule has 2 aromatic carbocycles. The van der Waals surface area contributed by atoms with Gasteiger partial charge in [-0.1, -0.05) is 108 Å². The van der Waals surface area contributed by atoms with Gasteiger partial charge in [-0.3, -0.25) is 43.2 Å². The molecule has 0 bridgehead atoms. The molecule has 4 aliphatic heterocycles. The van der Waals surface area contributed by atoms with Crippen LogP contribution in [-0.4, -0.2) is 172 Å². The summed E-state index contributed by atoms with van der Waals surface area (Å²) in [5, 5.41) is 20.5. The summed E-state index contributed by atoms with van der Waals surface area (Å²) in [4.78, 5) is 153. The Hall–Kier alpha value is -7.44. The van der Waals surface area contributed by atoms with Crippen molar-refractivity contribution in [3.63, 3.8) is 0 Å². The number of piperidine rings is 2. The van der Waals surface area contributed by atoms with Gasteiger partial charge in [0.2, 0.25) is 41.4 Å². The van der Waals surface area contributed by atoms with E-state index in [4.69, 9.17) is 9.97 Å². The zero-order valence-electron chi connectivity index (χ0n) is 55.8.